The second-order valence-electron chi connectivity index (χ2n) is 6.32. The van der Waals surface area contributed by atoms with Crippen LogP contribution in [0.2, 0.25) is 0 Å². The Balaban J connectivity index is 1.64. The second-order valence-corrected chi connectivity index (χ2v) is 6.32. The minimum absolute atomic E-state index is 0.106. The van der Waals surface area contributed by atoms with Crippen molar-refractivity contribution in [3.63, 3.8) is 0 Å². The summed E-state index contributed by atoms with van der Waals surface area (Å²) in [7, 11) is 0. The number of benzene rings is 1. The fourth-order valence-electron chi connectivity index (χ4n) is 3.07. The summed E-state index contributed by atoms with van der Waals surface area (Å²) in [6, 6.07) is 7.17. The molecule has 4 nitrogen and oxygen atoms in total. The molecule has 1 heterocycles. The molecular formula is C19H21F2N3O. The van der Waals surface area contributed by atoms with Gasteiger partial charge in [0.15, 0.2) is 0 Å². The van der Waals surface area contributed by atoms with Crippen molar-refractivity contribution >= 4 is 17.3 Å². The molecule has 2 N–H and O–H groups in total. The molecule has 0 unspecified atom stereocenters. The van der Waals surface area contributed by atoms with Crippen molar-refractivity contribution in [2.45, 2.75) is 44.6 Å². The van der Waals surface area contributed by atoms with Gasteiger partial charge in [-0.25, -0.2) is 13.8 Å². The van der Waals surface area contributed by atoms with Crippen LogP contribution in [-0.2, 0) is 0 Å². The quantitative estimate of drug-likeness (QED) is 0.787. The Labute approximate surface area is 145 Å². The van der Waals surface area contributed by atoms with E-state index in [1.165, 1.54) is 31.7 Å². The van der Waals surface area contributed by atoms with Gasteiger partial charge in [0.2, 0.25) is 0 Å². The molecular weight excluding hydrogens is 324 g/mol. The van der Waals surface area contributed by atoms with Gasteiger partial charge < -0.3 is 10.6 Å². The standard InChI is InChI=1S/C19H21F2N3O/c20-15-8-5-9-16(21)18(15)24-19(25)17-11-10-14(12-22-17)23-13-6-3-1-2-4-7-13/h5,8-13,23H,1-4,6-7H2,(H,24,25). The SMILES string of the molecule is O=C(Nc1c(F)cccc1F)c1ccc(NC2CCCCCC2)cn1. The summed E-state index contributed by atoms with van der Waals surface area (Å²) in [5.41, 5.74) is 0.490. The van der Waals surface area contributed by atoms with E-state index in [2.05, 4.69) is 15.6 Å². The minimum atomic E-state index is -0.819. The number of halogens is 2. The molecule has 25 heavy (non-hydrogen) atoms. The molecule has 0 radical (unpaired) electrons. The highest BCUT2D eigenvalue weighted by Crippen LogP contribution is 2.22. The van der Waals surface area contributed by atoms with Gasteiger partial charge in [-0.1, -0.05) is 31.7 Å². The van der Waals surface area contributed by atoms with Crippen molar-refractivity contribution < 1.29 is 13.6 Å². The lowest BCUT2D eigenvalue weighted by Gasteiger charge is -2.17. The number of anilines is 2. The molecule has 1 saturated carbocycles. The molecule has 0 bridgehead atoms. The molecule has 0 aliphatic heterocycles. The summed E-state index contributed by atoms with van der Waals surface area (Å²) in [5.74, 6) is -2.29. The van der Waals surface area contributed by atoms with E-state index in [1.54, 1.807) is 18.3 Å². The lowest BCUT2D eigenvalue weighted by atomic mass is 10.1. The molecule has 6 heteroatoms. The number of aromatic nitrogens is 1. The number of hydrogen-bond donors (Lipinski definition) is 2. The highest BCUT2D eigenvalue weighted by atomic mass is 19.1. The predicted molar refractivity (Wildman–Crippen MR) is 93.7 cm³/mol. The molecule has 1 aromatic heterocycles. The summed E-state index contributed by atoms with van der Waals surface area (Å²) < 4.78 is 27.2. The molecule has 0 saturated heterocycles. The molecule has 1 aromatic carbocycles. The number of hydrogen-bond acceptors (Lipinski definition) is 3. The van der Waals surface area contributed by atoms with Crippen molar-refractivity contribution in [2.24, 2.45) is 0 Å². The second kappa shape index (κ2) is 8.05. The third-order valence-electron chi connectivity index (χ3n) is 4.42. The number of carbonyl (C=O) groups is 1. The number of pyridine rings is 1. The zero-order chi connectivity index (χ0) is 17.6. The molecule has 1 aliphatic carbocycles. The molecule has 2 aromatic rings. The van der Waals surface area contributed by atoms with E-state index in [9.17, 15) is 13.6 Å². The van der Waals surface area contributed by atoms with Gasteiger partial charge in [0.05, 0.1) is 11.9 Å². The largest absolute Gasteiger partial charge is 0.381 e. The van der Waals surface area contributed by atoms with Gasteiger partial charge in [0.1, 0.15) is 23.0 Å². The van der Waals surface area contributed by atoms with Crippen molar-refractivity contribution in [2.75, 3.05) is 10.6 Å². The van der Waals surface area contributed by atoms with Crippen molar-refractivity contribution in [3.8, 4) is 0 Å². The maximum atomic E-state index is 13.6. The molecule has 132 valence electrons. The van der Waals surface area contributed by atoms with Crippen LogP contribution in [0.15, 0.2) is 36.5 Å². The summed E-state index contributed by atoms with van der Waals surface area (Å²) in [6.45, 7) is 0. The van der Waals surface area contributed by atoms with Gasteiger partial charge in [0.25, 0.3) is 5.91 Å². The Bertz CT molecular complexity index is 706. The summed E-state index contributed by atoms with van der Waals surface area (Å²) >= 11 is 0. The summed E-state index contributed by atoms with van der Waals surface area (Å²) in [5, 5.41) is 5.67. The van der Waals surface area contributed by atoms with Crippen LogP contribution in [0.1, 0.15) is 49.0 Å². The third kappa shape index (κ3) is 4.53. The number of carbonyl (C=O) groups excluding carboxylic acids is 1. The smallest absolute Gasteiger partial charge is 0.274 e. The summed E-state index contributed by atoms with van der Waals surface area (Å²) in [4.78, 5) is 16.2. The highest BCUT2D eigenvalue weighted by Gasteiger charge is 2.15. The van der Waals surface area contributed by atoms with Crippen LogP contribution in [0.3, 0.4) is 0 Å². The molecule has 3 rings (SSSR count). The number of amides is 1. The zero-order valence-electron chi connectivity index (χ0n) is 13.9. The van der Waals surface area contributed by atoms with E-state index in [-0.39, 0.29) is 5.69 Å². The van der Waals surface area contributed by atoms with Crippen LogP contribution in [0.4, 0.5) is 20.2 Å². The minimum Gasteiger partial charge on any atom is -0.381 e. The molecule has 0 atom stereocenters. The van der Waals surface area contributed by atoms with Crippen LogP contribution in [-0.4, -0.2) is 16.9 Å². The maximum absolute atomic E-state index is 13.6. The zero-order valence-corrected chi connectivity index (χ0v) is 13.9. The van der Waals surface area contributed by atoms with E-state index in [4.69, 9.17) is 0 Å². The fraction of sp³-hybridized carbons (Fsp3) is 0.368. The molecule has 1 fully saturated rings. The van der Waals surface area contributed by atoms with Crippen LogP contribution in [0.25, 0.3) is 0 Å². The molecule has 1 amide bonds. The Morgan fingerprint density at radius 1 is 1.00 bits per heavy atom. The Morgan fingerprint density at radius 2 is 1.68 bits per heavy atom. The average Bonchev–Trinajstić information content (AvgIpc) is 2.87. The Hall–Kier alpha value is -2.50. The van der Waals surface area contributed by atoms with Crippen LogP contribution in [0, 0.1) is 11.6 Å². The van der Waals surface area contributed by atoms with E-state index in [1.807, 2.05) is 0 Å². The van der Waals surface area contributed by atoms with E-state index in [0.29, 0.717) is 6.04 Å². The van der Waals surface area contributed by atoms with Gasteiger partial charge in [-0.3, -0.25) is 4.79 Å². The first-order valence-electron chi connectivity index (χ1n) is 8.61. The molecule has 1 aliphatic rings. The van der Waals surface area contributed by atoms with Gasteiger partial charge in [-0.2, -0.15) is 0 Å². The first-order valence-corrected chi connectivity index (χ1v) is 8.61. The average molecular weight is 345 g/mol. The van der Waals surface area contributed by atoms with Crippen molar-refractivity contribution in [1.29, 1.82) is 0 Å². The van der Waals surface area contributed by atoms with Gasteiger partial charge in [-0.15, -0.1) is 0 Å². The maximum Gasteiger partial charge on any atom is 0.274 e. The predicted octanol–water partition coefficient (Wildman–Crippen LogP) is 4.75. The van der Waals surface area contributed by atoms with Gasteiger partial charge in [-0.05, 0) is 37.1 Å². The van der Waals surface area contributed by atoms with Crippen LogP contribution < -0.4 is 10.6 Å². The number of rotatable bonds is 4. The number of nitrogens with one attached hydrogen (secondary N) is 2. The van der Waals surface area contributed by atoms with Crippen molar-refractivity contribution in [3.05, 3.63) is 53.9 Å². The lowest BCUT2D eigenvalue weighted by molar-refractivity contribution is 0.102. The topological polar surface area (TPSA) is 54.0 Å². The van der Waals surface area contributed by atoms with Crippen molar-refractivity contribution in [1.82, 2.24) is 4.98 Å². The Kier molecular flexibility index (Phi) is 5.58. The lowest BCUT2D eigenvalue weighted by Crippen LogP contribution is -2.19. The normalized spacial score (nSPS) is 15.4. The van der Waals surface area contributed by atoms with E-state index < -0.39 is 23.2 Å². The number of para-hydroxylation sites is 1. The van der Waals surface area contributed by atoms with E-state index in [0.717, 1.165) is 30.7 Å². The van der Waals surface area contributed by atoms with Crippen LogP contribution >= 0.6 is 0 Å². The monoisotopic (exact) mass is 345 g/mol. The number of nitrogens with zero attached hydrogens (tertiary/aromatic N) is 1. The fourth-order valence-corrected chi connectivity index (χ4v) is 3.07. The van der Waals surface area contributed by atoms with Crippen LogP contribution in [0.5, 0.6) is 0 Å². The van der Waals surface area contributed by atoms with E-state index >= 15 is 0 Å². The highest BCUT2D eigenvalue weighted by molar-refractivity contribution is 6.03. The summed E-state index contributed by atoms with van der Waals surface area (Å²) in [6.07, 6.45) is 8.85. The van der Waals surface area contributed by atoms with Gasteiger partial charge in [0, 0.05) is 6.04 Å². The molecule has 0 spiro atoms. The van der Waals surface area contributed by atoms with Gasteiger partial charge >= 0.3 is 0 Å². The third-order valence-corrected chi connectivity index (χ3v) is 4.42. The first kappa shape index (κ1) is 17.3. The Morgan fingerprint density at radius 3 is 2.28 bits per heavy atom. The first-order chi connectivity index (χ1) is 12.1.